The van der Waals surface area contributed by atoms with E-state index in [9.17, 15) is 46.7 Å². The van der Waals surface area contributed by atoms with Gasteiger partial charge < -0.3 is 58.7 Å². The van der Waals surface area contributed by atoms with Crippen molar-refractivity contribution in [1.29, 1.82) is 0 Å². The average molecular weight is 1320 g/mol. The second-order valence-electron chi connectivity index (χ2n) is 24.6. The van der Waals surface area contributed by atoms with Crippen LogP contribution in [0.5, 0.6) is 11.5 Å². The van der Waals surface area contributed by atoms with Gasteiger partial charge in [0.2, 0.25) is 11.2 Å². The Balaban J connectivity index is 0.000000256. The fraction of sp³-hybridized carbons (Fsp3) is 0.386. The van der Waals surface area contributed by atoms with Gasteiger partial charge in [0.05, 0.1) is 46.8 Å². The van der Waals surface area contributed by atoms with Crippen LogP contribution in [0.4, 0.5) is 52.1 Å². The van der Waals surface area contributed by atoms with Crippen molar-refractivity contribution in [2.24, 2.45) is 0 Å². The van der Waals surface area contributed by atoms with E-state index >= 15 is 13.2 Å². The zero-order valence-electron chi connectivity index (χ0n) is 54.3. The van der Waals surface area contributed by atoms with Crippen LogP contribution >= 0.6 is 0 Å². The molecule has 0 aliphatic carbocycles. The fourth-order valence-corrected chi connectivity index (χ4v) is 11.3. The van der Waals surface area contributed by atoms with E-state index in [0.29, 0.717) is 36.6 Å². The predicted molar refractivity (Wildman–Crippen MR) is 339 cm³/mol. The van der Waals surface area contributed by atoms with Crippen LogP contribution in [0.2, 0.25) is 0 Å². The van der Waals surface area contributed by atoms with Gasteiger partial charge in [-0.1, -0.05) is 120 Å². The summed E-state index contributed by atoms with van der Waals surface area (Å²) < 4.78 is 120. The van der Waals surface area contributed by atoms with Crippen molar-refractivity contribution in [3.63, 3.8) is 0 Å². The summed E-state index contributed by atoms with van der Waals surface area (Å²) in [5.41, 5.74) is -4.28. The molecule has 3 atom stereocenters. The van der Waals surface area contributed by atoms with Crippen molar-refractivity contribution < 1.29 is 88.3 Å². The van der Waals surface area contributed by atoms with E-state index in [-0.39, 0.29) is 68.8 Å². The van der Waals surface area contributed by atoms with Crippen LogP contribution < -0.4 is 29.9 Å². The van der Waals surface area contributed by atoms with Gasteiger partial charge in [-0.05, 0) is 111 Å². The molecule has 6 amide bonds. The maximum absolute atomic E-state index is 15.0. The van der Waals surface area contributed by atoms with Crippen molar-refractivity contribution in [2.75, 3.05) is 56.2 Å². The molecule has 0 spiro atoms. The number of carbonyl (C=O) groups excluding carboxylic acids is 7. The number of hydrogen-bond acceptors (Lipinski definition) is 13. The van der Waals surface area contributed by atoms with Gasteiger partial charge in [0.25, 0.3) is 17.7 Å². The van der Waals surface area contributed by atoms with E-state index in [2.05, 4.69) is 15.4 Å². The third-order valence-corrected chi connectivity index (χ3v) is 16.0. The van der Waals surface area contributed by atoms with Gasteiger partial charge in [-0.3, -0.25) is 14.4 Å². The summed E-state index contributed by atoms with van der Waals surface area (Å²) in [7, 11) is 0.959. The first-order valence-electron chi connectivity index (χ1n) is 30.7. The van der Waals surface area contributed by atoms with Gasteiger partial charge in [0.15, 0.2) is 0 Å². The lowest BCUT2D eigenvalue weighted by Crippen LogP contribution is -2.55. The SMILES string of the molecule is COC(=O)c1cc2c(cc1C(F)(F)F)OC(C)(c1cccc(C)c1)C(=O)N2CCNC(=O)OCc1ccccc1.Cc1cccc(C2(C)Oc3cc(C(F)(F)F)c(C(=O)N(C(C)C)[C@@H]4CCCN(C(=O)OC(C)(C)C)C4)cc3N(CCNC(=O)OCc3ccccc3)C2=O)c1. The van der Waals surface area contributed by atoms with Gasteiger partial charge in [0.1, 0.15) is 30.3 Å². The molecule has 3 heterocycles. The van der Waals surface area contributed by atoms with Crippen molar-refractivity contribution >= 4 is 53.3 Å². The molecular formula is C70H76F6N6O13. The minimum absolute atomic E-state index is 0.00594. The number of anilines is 2. The highest BCUT2D eigenvalue weighted by Gasteiger charge is 2.51. The number of rotatable bonds is 16. The van der Waals surface area contributed by atoms with E-state index in [0.717, 1.165) is 47.6 Å². The normalized spacial score (nSPS) is 17.8. The molecule has 0 aromatic heterocycles. The molecule has 1 saturated heterocycles. The third-order valence-electron chi connectivity index (χ3n) is 16.0. The highest BCUT2D eigenvalue weighted by molar-refractivity contribution is 6.07. The Morgan fingerprint density at radius 1 is 0.632 bits per heavy atom. The number of hydrogen-bond donors (Lipinski definition) is 2. The smallest absolute Gasteiger partial charge is 0.417 e. The van der Waals surface area contributed by atoms with Crippen LogP contribution in [0.15, 0.2) is 133 Å². The van der Waals surface area contributed by atoms with E-state index in [1.54, 1.807) is 133 Å². The maximum Gasteiger partial charge on any atom is 0.417 e. The molecular weight excluding hydrogens is 1250 g/mol. The van der Waals surface area contributed by atoms with Gasteiger partial charge in [-0.15, -0.1) is 0 Å². The molecule has 25 heteroatoms. The molecule has 0 saturated carbocycles. The number of esters is 1. The number of ether oxygens (including phenoxy) is 6. The summed E-state index contributed by atoms with van der Waals surface area (Å²) in [4.78, 5) is 98.2. The number of likely N-dealkylation sites (tertiary alicyclic amines) is 1. The molecule has 9 rings (SSSR count). The minimum atomic E-state index is -4.99. The number of methoxy groups -OCH3 is 1. The Labute approximate surface area is 546 Å². The second kappa shape index (κ2) is 29.2. The predicted octanol–water partition coefficient (Wildman–Crippen LogP) is 13.2. The molecule has 95 heavy (non-hydrogen) atoms. The zero-order chi connectivity index (χ0) is 69.4. The summed E-state index contributed by atoms with van der Waals surface area (Å²) in [5.74, 6) is -3.86. The van der Waals surface area contributed by atoms with Crippen LogP contribution in [0.3, 0.4) is 0 Å². The molecule has 1 fully saturated rings. The molecule has 6 aromatic carbocycles. The molecule has 3 aliphatic heterocycles. The fourth-order valence-electron chi connectivity index (χ4n) is 11.3. The Bertz CT molecular complexity index is 3810. The number of carbonyl (C=O) groups is 7. The first-order chi connectivity index (χ1) is 44.7. The molecule has 2 N–H and O–H groups in total. The Hall–Kier alpha value is -9.81. The third kappa shape index (κ3) is 16.9. The Kier molecular flexibility index (Phi) is 21.9. The molecule has 19 nitrogen and oxygen atoms in total. The first-order valence-corrected chi connectivity index (χ1v) is 30.7. The van der Waals surface area contributed by atoms with Crippen molar-refractivity contribution in [3.8, 4) is 11.5 Å². The largest absolute Gasteiger partial charge is 0.471 e. The topological polar surface area (TPSA) is 212 Å². The maximum atomic E-state index is 15.0. The Morgan fingerprint density at radius 2 is 1.07 bits per heavy atom. The quantitative estimate of drug-likeness (QED) is 0.0525. The number of benzene rings is 6. The second-order valence-corrected chi connectivity index (χ2v) is 24.6. The van der Waals surface area contributed by atoms with Crippen molar-refractivity contribution in [2.45, 2.75) is 130 Å². The zero-order valence-corrected chi connectivity index (χ0v) is 54.3. The number of fused-ring (bicyclic) bond motifs is 2. The van der Waals surface area contributed by atoms with Crippen LogP contribution in [0.25, 0.3) is 0 Å². The van der Waals surface area contributed by atoms with Gasteiger partial charge in [-0.2, -0.15) is 26.3 Å². The number of nitrogens with zero attached hydrogens (tertiary/aromatic N) is 4. The summed E-state index contributed by atoms with van der Waals surface area (Å²) in [6.07, 6.45) is -11.0. The van der Waals surface area contributed by atoms with Crippen LogP contribution in [0.1, 0.15) is 127 Å². The van der Waals surface area contributed by atoms with E-state index < -0.39 is 105 Å². The van der Waals surface area contributed by atoms with E-state index in [1.165, 1.54) is 33.4 Å². The van der Waals surface area contributed by atoms with Crippen LogP contribution in [0, 0.1) is 13.8 Å². The highest BCUT2D eigenvalue weighted by atomic mass is 19.4. The van der Waals surface area contributed by atoms with Gasteiger partial charge in [-0.25, -0.2) is 19.2 Å². The monoisotopic (exact) mass is 1320 g/mol. The average Bonchev–Trinajstić information content (AvgIpc) is 0.740. The number of alkyl carbamates (subject to hydrolysis) is 2. The van der Waals surface area contributed by atoms with E-state index in [4.69, 9.17) is 23.7 Å². The summed E-state index contributed by atoms with van der Waals surface area (Å²) in [6.45, 7) is 15.1. The Morgan fingerprint density at radius 3 is 1.48 bits per heavy atom. The number of aryl methyl sites for hydroxylation is 2. The lowest BCUT2D eigenvalue weighted by molar-refractivity contribution is -0.139. The van der Waals surface area contributed by atoms with Crippen LogP contribution in [-0.2, 0) is 65.3 Å². The number of halogens is 6. The molecule has 506 valence electrons. The number of piperidine rings is 1. The molecule has 6 aromatic rings. The standard InChI is InChI=1S/C41H49F3N4O7.C29H27F3N2O6/c1-26(2)48(30-17-12-19-46(24-30)38(52)55-39(4,5)6)35(49)31-22-33-34(23-32(31)41(42,43)44)54-40(7,29-16-11-13-27(3)21-29)36(50)47(33)20-18-45-37(51)53-25-28-14-9-8-10-15-28;1-18-8-7-11-20(14-18)28(2)26(36)34(13-12-33-27(37)39-17-19-9-5-4-6-10-19)23-15-21(25(35)38-3)22(29(30,31)32)16-24(23)40-28/h8-11,13-16,21-23,26,30H,12,17-20,24-25H2,1-7H3,(H,45,51);4-11,14-16H,12-13,17H2,1-3H3,(H,33,37)/t30-,40?;/m1./s1. The molecule has 0 radical (unpaired) electrons. The highest BCUT2D eigenvalue weighted by Crippen LogP contribution is 2.49. The lowest BCUT2D eigenvalue weighted by atomic mass is 9.90. The molecule has 3 aliphatic rings. The number of amides is 6. The minimum Gasteiger partial charge on any atom is -0.471 e. The molecule has 2 unspecified atom stereocenters. The number of nitrogens with one attached hydrogen (secondary N) is 2. The van der Waals surface area contributed by atoms with Crippen molar-refractivity contribution in [1.82, 2.24) is 20.4 Å². The van der Waals surface area contributed by atoms with Crippen LogP contribution in [-0.4, -0.2) is 116 Å². The summed E-state index contributed by atoms with van der Waals surface area (Å²) >= 11 is 0. The molecule has 0 bridgehead atoms. The van der Waals surface area contributed by atoms with Crippen molar-refractivity contribution in [3.05, 3.63) is 189 Å². The summed E-state index contributed by atoms with van der Waals surface area (Å²) in [6, 6.07) is 34.1. The number of alkyl halides is 6. The summed E-state index contributed by atoms with van der Waals surface area (Å²) in [5, 5.41) is 5.16. The lowest BCUT2D eigenvalue weighted by Gasteiger charge is -2.43. The van der Waals surface area contributed by atoms with Gasteiger partial charge in [0, 0.05) is 56.4 Å². The first kappa shape index (κ1) is 71.0. The van der Waals surface area contributed by atoms with Gasteiger partial charge >= 0.3 is 36.6 Å². The van der Waals surface area contributed by atoms with E-state index in [1.807, 2.05) is 25.1 Å².